The molecular weight excluding hydrogens is 372 g/mol. The maximum absolute atomic E-state index is 12.4. The highest BCUT2D eigenvalue weighted by molar-refractivity contribution is 7.89. The standard InChI is InChI=1S/C19H23ClN2O3S/c1-4-13(2)22-26(24,25)18-11-7-16(8-12-18)19(23)21-14(3)15-5-9-17(20)10-6-15/h5-14,22H,4H2,1-3H3,(H,21,23). The van der Waals surface area contributed by atoms with Crippen LogP contribution in [0.3, 0.4) is 0 Å². The van der Waals surface area contributed by atoms with E-state index in [4.69, 9.17) is 11.6 Å². The van der Waals surface area contributed by atoms with Gasteiger partial charge in [-0.2, -0.15) is 0 Å². The molecule has 7 heteroatoms. The second-order valence-electron chi connectivity index (χ2n) is 6.20. The molecule has 0 aliphatic rings. The predicted molar refractivity (Wildman–Crippen MR) is 104 cm³/mol. The SMILES string of the molecule is CCC(C)NS(=O)(=O)c1ccc(C(=O)NC(C)c2ccc(Cl)cc2)cc1. The third-order valence-electron chi connectivity index (χ3n) is 4.11. The van der Waals surface area contributed by atoms with Gasteiger partial charge in [-0.3, -0.25) is 4.79 Å². The Morgan fingerprint density at radius 2 is 1.62 bits per heavy atom. The molecule has 0 aliphatic heterocycles. The zero-order valence-electron chi connectivity index (χ0n) is 15.0. The van der Waals surface area contributed by atoms with Crippen molar-refractivity contribution in [3.8, 4) is 0 Å². The zero-order chi connectivity index (χ0) is 19.3. The Kier molecular flexibility index (Phi) is 6.81. The van der Waals surface area contributed by atoms with Crippen molar-refractivity contribution in [3.05, 3.63) is 64.7 Å². The van der Waals surface area contributed by atoms with Crippen molar-refractivity contribution in [1.82, 2.24) is 10.0 Å². The molecule has 0 saturated heterocycles. The van der Waals surface area contributed by atoms with Gasteiger partial charge in [-0.15, -0.1) is 0 Å². The summed E-state index contributed by atoms with van der Waals surface area (Å²) in [7, 11) is -3.58. The molecule has 2 aromatic rings. The van der Waals surface area contributed by atoms with Crippen molar-refractivity contribution in [2.75, 3.05) is 0 Å². The van der Waals surface area contributed by atoms with Gasteiger partial charge in [0.1, 0.15) is 0 Å². The highest BCUT2D eigenvalue weighted by atomic mass is 35.5. The third kappa shape index (κ3) is 5.30. The molecule has 0 spiro atoms. The van der Waals surface area contributed by atoms with Crippen LogP contribution >= 0.6 is 11.6 Å². The normalized spacial score (nSPS) is 13.8. The van der Waals surface area contributed by atoms with Crippen LogP contribution in [0.1, 0.15) is 49.2 Å². The van der Waals surface area contributed by atoms with Crippen molar-refractivity contribution >= 4 is 27.5 Å². The van der Waals surface area contributed by atoms with Gasteiger partial charge in [-0.05, 0) is 62.2 Å². The second-order valence-corrected chi connectivity index (χ2v) is 8.35. The van der Waals surface area contributed by atoms with Crippen LogP contribution in [0.5, 0.6) is 0 Å². The Labute approximate surface area is 159 Å². The molecule has 2 unspecified atom stereocenters. The first kappa shape index (κ1) is 20.4. The van der Waals surface area contributed by atoms with E-state index in [2.05, 4.69) is 10.0 Å². The highest BCUT2D eigenvalue weighted by Gasteiger charge is 2.17. The molecule has 0 heterocycles. The van der Waals surface area contributed by atoms with Crippen LogP contribution in [-0.2, 0) is 10.0 Å². The summed E-state index contributed by atoms with van der Waals surface area (Å²) in [5.41, 5.74) is 1.33. The molecule has 1 amide bonds. The summed E-state index contributed by atoms with van der Waals surface area (Å²) in [6, 6.07) is 12.8. The number of hydrogen-bond acceptors (Lipinski definition) is 3. The van der Waals surface area contributed by atoms with E-state index in [-0.39, 0.29) is 22.9 Å². The highest BCUT2D eigenvalue weighted by Crippen LogP contribution is 2.17. The lowest BCUT2D eigenvalue weighted by Crippen LogP contribution is -2.32. The van der Waals surface area contributed by atoms with Crippen LogP contribution in [0, 0.1) is 0 Å². The topological polar surface area (TPSA) is 75.3 Å². The summed E-state index contributed by atoms with van der Waals surface area (Å²) in [6.07, 6.45) is 0.697. The number of rotatable bonds is 7. The summed E-state index contributed by atoms with van der Waals surface area (Å²) >= 11 is 5.87. The monoisotopic (exact) mass is 394 g/mol. The number of nitrogens with one attached hydrogen (secondary N) is 2. The number of halogens is 1. The maximum Gasteiger partial charge on any atom is 0.251 e. The number of carbonyl (C=O) groups excluding carboxylic acids is 1. The Balaban J connectivity index is 2.07. The molecule has 5 nitrogen and oxygen atoms in total. The fraction of sp³-hybridized carbons (Fsp3) is 0.316. The van der Waals surface area contributed by atoms with E-state index in [1.807, 2.05) is 26.0 Å². The van der Waals surface area contributed by atoms with E-state index in [1.54, 1.807) is 19.1 Å². The van der Waals surface area contributed by atoms with Gasteiger partial charge in [0.05, 0.1) is 10.9 Å². The molecular formula is C19H23ClN2O3S. The smallest absolute Gasteiger partial charge is 0.251 e. The average molecular weight is 395 g/mol. The van der Waals surface area contributed by atoms with Crippen molar-refractivity contribution in [1.29, 1.82) is 0 Å². The van der Waals surface area contributed by atoms with Crippen LogP contribution in [0.4, 0.5) is 0 Å². The quantitative estimate of drug-likeness (QED) is 0.747. The molecule has 2 aromatic carbocycles. The van der Waals surface area contributed by atoms with E-state index in [0.29, 0.717) is 17.0 Å². The van der Waals surface area contributed by atoms with E-state index >= 15 is 0 Å². The molecule has 0 aromatic heterocycles. The minimum atomic E-state index is -3.58. The van der Waals surface area contributed by atoms with Crippen LogP contribution in [0.25, 0.3) is 0 Å². The number of amides is 1. The van der Waals surface area contributed by atoms with Crippen LogP contribution < -0.4 is 10.0 Å². The number of sulfonamides is 1. The number of carbonyl (C=O) groups is 1. The molecule has 0 bridgehead atoms. The first-order valence-corrected chi connectivity index (χ1v) is 10.3. The molecule has 26 heavy (non-hydrogen) atoms. The Morgan fingerprint density at radius 1 is 1.04 bits per heavy atom. The van der Waals surface area contributed by atoms with Gasteiger partial charge in [-0.25, -0.2) is 13.1 Å². The molecule has 2 atom stereocenters. The largest absolute Gasteiger partial charge is 0.346 e. The molecule has 0 radical (unpaired) electrons. The van der Waals surface area contributed by atoms with E-state index in [0.717, 1.165) is 5.56 Å². The van der Waals surface area contributed by atoms with Gasteiger partial charge in [0.25, 0.3) is 5.91 Å². The minimum Gasteiger partial charge on any atom is -0.346 e. The molecule has 140 valence electrons. The van der Waals surface area contributed by atoms with Crippen molar-refractivity contribution in [3.63, 3.8) is 0 Å². The average Bonchev–Trinajstić information content (AvgIpc) is 2.61. The summed E-state index contributed by atoms with van der Waals surface area (Å²) in [6.45, 7) is 5.58. The van der Waals surface area contributed by atoms with Crippen molar-refractivity contribution in [2.45, 2.75) is 44.2 Å². The van der Waals surface area contributed by atoms with Gasteiger partial charge in [0, 0.05) is 16.6 Å². The summed E-state index contributed by atoms with van der Waals surface area (Å²) in [5, 5.41) is 3.52. The number of benzene rings is 2. The van der Waals surface area contributed by atoms with Crippen LogP contribution in [0.15, 0.2) is 53.4 Å². The van der Waals surface area contributed by atoms with E-state index in [1.165, 1.54) is 24.3 Å². The Bertz CT molecular complexity index is 849. The van der Waals surface area contributed by atoms with E-state index in [9.17, 15) is 13.2 Å². The molecule has 0 saturated carbocycles. The molecule has 2 rings (SSSR count). The first-order valence-electron chi connectivity index (χ1n) is 8.41. The summed E-state index contributed by atoms with van der Waals surface area (Å²) in [5.74, 6) is -0.272. The van der Waals surface area contributed by atoms with Crippen molar-refractivity contribution < 1.29 is 13.2 Å². The summed E-state index contributed by atoms with van der Waals surface area (Å²) < 4.78 is 27.1. The van der Waals surface area contributed by atoms with Gasteiger partial charge in [0.2, 0.25) is 10.0 Å². The molecule has 0 fully saturated rings. The van der Waals surface area contributed by atoms with Gasteiger partial charge < -0.3 is 5.32 Å². The second kappa shape index (κ2) is 8.66. The predicted octanol–water partition coefficient (Wildman–Crippen LogP) is 3.91. The minimum absolute atomic E-state index is 0.139. The fourth-order valence-electron chi connectivity index (χ4n) is 2.32. The Hall–Kier alpha value is -1.89. The maximum atomic E-state index is 12.4. The lowest BCUT2D eigenvalue weighted by atomic mass is 10.1. The zero-order valence-corrected chi connectivity index (χ0v) is 16.6. The lowest BCUT2D eigenvalue weighted by Gasteiger charge is -2.15. The van der Waals surface area contributed by atoms with Gasteiger partial charge in [-0.1, -0.05) is 30.7 Å². The number of hydrogen-bond donors (Lipinski definition) is 2. The summed E-state index contributed by atoms with van der Waals surface area (Å²) in [4.78, 5) is 12.5. The van der Waals surface area contributed by atoms with Crippen LogP contribution in [-0.4, -0.2) is 20.4 Å². The van der Waals surface area contributed by atoms with E-state index < -0.39 is 10.0 Å². The fourth-order valence-corrected chi connectivity index (χ4v) is 3.77. The van der Waals surface area contributed by atoms with Gasteiger partial charge in [0.15, 0.2) is 0 Å². The molecule has 0 aliphatic carbocycles. The van der Waals surface area contributed by atoms with Crippen molar-refractivity contribution in [2.24, 2.45) is 0 Å². The lowest BCUT2D eigenvalue weighted by molar-refractivity contribution is 0.0940. The van der Waals surface area contributed by atoms with Gasteiger partial charge >= 0.3 is 0 Å². The Morgan fingerprint density at radius 3 is 2.15 bits per heavy atom. The molecule has 2 N–H and O–H groups in total. The first-order chi connectivity index (χ1) is 12.2. The third-order valence-corrected chi connectivity index (χ3v) is 5.97. The van der Waals surface area contributed by atoms with Crippen LogP contribution in [0.2, 0.25) is 5.02 Å².